The number of hydrogen-bond acceptors (Lipinski definition) is 3. The van der Waals surface area contributed by atoms with Gasteiger partial charge in [0.25, 0.3) is 0 Å². The summed E-state index contributed by atoms with van der Waals surface area (Å²) >= 11 is 0. The molecule has 0 radical (unpaired) electrons. The van der Waals surface area contributed by atoms with E-state index in [2.05, 4.69) is 14.9 Å². The SMILES string of the molecule is O=CC1CCCN(c2ncc[nH]2)C1. The molecule has 0 bridgehead atoms. The van der Waals surface area contributed by atoms with E-state index < -0.39 is 0 Å². The van der Waals surface area contributed by atoms with E-state index in [9.17, 15) is 4.79 Å². The summed E-state index contributed by atoms with van der Waals surface area (Å²) in [5, 5.41) is 0. The van der Waals surface area contributed by atoms with E-state index in [1.807, 2.05) is 0 Å². The maximum atomic E-state index is 10.6. The molecule has 1 aromatic rings. The van der Waals surface area contributed by atoms with Crippen LogP contribution in [0.4, 0.5) is 5.95 Å². The van der Waals surface area contributed by atoms with Crippen LogP contribution in [0.2, 0.25) is 0 Å². The third-order valence-corrected chi connectivity index (χ3v) is 2.43. The van der Waals surface area contributed by atoms with Crippen molar-refractivity contribution in [1.82, 2.24) is 9.97 Å². The smallest absolute Gasteiger partial charge is 0.202 e. The Kier molecular flexibility index (Phi) is 2.29. The molecule has 0 spiro atoms. The second kappa shape index (κ2) is 3.60. The van der Waals surface area contributed by atoms with E-state index in [0.717, 1.165) is 38.2 Å². The van der Waals surface area contributed by atoms with Gasteiger partial charge in [0.2, 0.25) is 5.95 Å². The van der Waals surface area contributed by atoms with Crippen LogP contribution in [-0.2, 0) is 4.79 Å². The summed E-state index contributed by atoms with van der Waals surface area (Å²) in [4.78, 5) is 20.0. The lowest BCUT2D eigenvalue weighted by Gasteiger charge is -2.29. The Labute approximate surface area is 77.0 Å². The van der Waals surface area contributed by atoms with Crippen molar-refractivity contribution < 1.29 is 4.79 Å². The molecule has 2 heterocycles. The average Bonchev–Trinajstić information content (AvgIpc) is 2.71. The van der Waals surface area contributed by atoms with Gasteiger partial charge in [0.05, 0.1) is 0 Å². The van der Waals surface area contributed by atoms with Gasteiger partial charge in [-0.2, -0.15) is 0 Å². The minimum atomic E-state index is 0.179. The van der Waals surface area contributed by atoms with Gasteiger partial charge in [-0.1, -0.05) is 0 Å². The third kappa shape index (κ3) is 1.71. The van der Waals surface area contributed by atoms with Crippen molar-refractivity contribution in [3.05, 3.63) is 12.4 Å². The Balaban J connectivity index is 2.04. The number of H-pyrrole nitrogens is 1. The highest BCUT2D eigenvalue weighted by Crippen LogP contribution is 2.18. The van der Waals surface area contributed by atoms with Crippen molar-refractivity contribution in [3.63, 3.8) is 0 Å². The predicted octanol–water partition coefficient (Wildman–Crippen LogP) is 0.825. The Morgan fingerprint density at radius 3 is 3.31 bits per heavy atom. The fourth-order valence-corrected chi connectivity index (χ4v) is 1.74. The third-order valence-electron chi connectivity index (χ3n) is 2.43. The Morgan fingerprint density at radius 2 is 2.62 bits per heavy atom. The number of nitrogens with zero attached hydrogens (tertiary/aromatic N) is 2. The van der Waals surface area contributed by atoms with Crippen molar-refractivity contribution in [2.24, 2.45) is 5.92 Å². The van der Waals surface area contributed by atoms with E-state index in [1.165, 1.54) is 0 Å². The molecule has 1 aromatic heterocycles. The number of aldehydes is 1. The first-order valence-corrected chi connectivity index (χ1v) is 4.60. The van der Waals surface area contributed by atoms with Crippen LogP contribution < -0.4 is 4.90 Å². The molecule has 1 fully saturated rings. The Morgan fingerprint density at radius 1 is 1.69 bits per heavy atom. The molecule has 1 atom stereocenters. The zero-order valence-electron chi connectivity index (χ0n) is 7.44. The van der Waals surface area contributed by atoms with Gasteiger partial charge < -0.3 is 14.7 Å². The molecule has 0 saturated carbocycles. The average molecular weight is 179 g/mol. The number of hydrogen-bond donors (Lipinski definition) is 1. The first-order chi connectivity index (χ1) is 6.40. The number of carbonyl (C=O) groups excluding carboxylic acids is 1. The quantitative estimate of drug-likeness (QED) is 0.684. The summed E-state index contributed by atoms with van der Waals surface area (Å²) < 4.78 is 0. The van der Waals surface area contributed by atoms with E-state index in [-0.39, 0.29) is 5.92 Å². The second-order valence-electron chi connectivity index (χ2n) is 3.40. The largest absolute Gasteiger partial charge is 0.342 e. The lowest BCUT2D eigenvalue weighted by molar-refractivity contribution is -0.111. The van der Waals surface area contributed by atoms with Gasteiger partial charge in [-0.05, 0) is 12.8 Å². The highest BCUT2D eigenvalue weighted by Gasteiger charge is 2.20. The molecule has 70 valence electrons. The van der Waals surface area contributed by atoms with Crippen LogP contribution in [0.3, 0.4) is 0 Å². The molecule has 1 saturated heterocycles. The highest BCUT2D eigenvalue weighted by molar-refractivity contribution is 5.55. The van der Waals surface area contributed by atoms with Crippen molar-refractivity contribution in [1.29, 1.82) is 0 Å². The number of aromatic amines is 1. The number of rotatable bonds is 2. The molecule has 1 aliphatic heterocycles. The van der Waals surface area contributed by atoms with Gasteiger partial charge in [0, 0.05) is 31.4 Å². The van der Waals surface area contributed by atoms with Crippen LogP contribution in [-0.4, -0.2) is 29.3 Å². The predicted molar refractivity (Wildman–Crippen MR) is 49.6 cm³/mol. The summed E-state index contributed by atoms with van der Waals surface area (Å²) in [6.45, 7) is 1.80. The fourth-order valence-electron chi connectivity index (χ4n) is 1.74. The van der Waals surface area contributed by atoms with Crippen molar-refractivity contribution in [2.75, 3.05) is 18.0 Å². The van der Waals surface area contributed by atoms with Gasteiger partial charge in [0.15, 0.2) is 0 Å². The molecule has 1 N–H and O–H groups in total. The molecule has 2 rings (SSSR count). The summed E-state index contributed by atoms with van der Waals surface area (Å²) in [5.41, 5.74) is 0. The van der Waals surface area contributed by atoms with Crippen LogP contribution in [0.1, 0.15) is 12.8 Å². The molecule has 4 heteroatoms. The zero-order valence-corrected chi connectivity index (χ0v) is 7.44. The summed E-state index contributed by atoms with van der Waals surface area (Å²) in [7, 11) is 0. The van der Waals surface area contributed by atoms with Gasteiger partial charge in [-0.25, -0.2) is 4.98 Å². The number of piperidine rings is 1. The summed E-state index contributed by atoms with van der Waals surface area (Å²) in [6, 6.07) is 0. The minimum Gasteiger partial charge on any atom is -0.342 e. The highest BCUT2D eigenvalue weighted by atomic mass is 16.1. The Bertz CT molecular complexity index is 270. The maximum absolute atomic E-state index is 10.6. The fraction of sp³-hybridized carbons (Fsp3) is 0.556. The summed E-state index contributed by atoms with van der Waals surface area (Å²) in [6.07, 6.45) is 6.68. The number of carbonyl (C=O) groups is 1. The molecule has 1 unspecified atom stereocenters. The van der Waals surface area contributed by atoms with Crippen molar-refractivity contribution >= 4 is 12.2 Å². The lowest BCUT2D eigenvalue weighted by atomic mass is 10.0. The monoisotopic (exact) mass is 179 g/mol. The van der Waals surface area contributed by atoms with Crippen LogP contribution in [0.15, 0.2) is 12.4 Å². The topological polar surface area (TPSA) is 49.0 Å². The first kappa shape index (κ1) is 8.29. The maximum Gasteiger partial charge on any atom is 0.202 e. The number of anilines is 1. The molecule has 0 aromatic carbocycles. The standard InChI is InChI=1S/C9H13N3O/c13-7-8-2-1-5-12(6-8)9-10-3-4-11-9/h3-4,7-8H,1-2,5-6H2,(H,10,11). The number of imidazole rings is 1. The van der Waals surface area contributed by atoms with E-state index in [4.69, 9.17) is 0 Å². The van der Waals surface area contributed by atoms with E-state index in [0.29, 0.717) is 0 Å². The van der Waals surface area contributed by atoms with Gasteiger partial charge >= 0.3 is 0 Å². The van der Waals surface area contributed by atoms with E-state index in [1.54, 1.807) is 12.4 Å². The van der Waals surface area contributed by atoms with Crippen LogP contribution in [0.25, 0.3) is 0 Å². The summed E-state index contributed by atoms with van der Waals surface area (Å²) in [5.74, 6) is 1.06. The second-order valence-corrected chi connectivity index (χ2v) is 3.40. The molecule has 0 aliphatic carbocycles. The molecule has 0 amide bonds. The Hall–Kier alpha value is -1.32. The number of nitrogens with one attached hydrogen (secondary N) is 1. The molecule has 13 heavy (non-hydrogen) atoms. The molecule has 1 aliphatic rings. The van der Waals surface area contributed by atoms with Crippen molar-refractivity contribution in [3.8, 4) is 0 Å². The normalized spacial score (nSPS) is 23.1. The zero-order chi connectivity index (χ0) is 9.10. The van der Waals surface area contributed by atoms with E-state index >= 15 is 0 Å². The van der Waals surface area contributed by atoms with Crippen LogP contribution in [0, 0.1) is 5.92 Å². The van der Waals surface area contributed by atoms with Crippen LogP contribution >= 0.6 is 0 Å². The minimum absolute atomic E-state index is 0.179. The molecule has 4 nitrogen and oxygen atoms in total. The van der Waals surface area contributed by atoms with Gasteiger partial charge in [-0.3, -0.25) is 0 Å². The van der Waals surface area contributed by atoms with Crippen molar-refractivity contribution in [2.45, 2.75) is 12.8 Å². The molecular formula is C9H13N3O. The first-order valence-electron chi connectivity index (χ1n) is 4.60. The number of aromatic nitrogens is 2. The molecular weight excluding hydrogens is 166 g/mol. The lowest BCUT2D eigenvalue weighted by Crippen LogP contribution is -2.36. The van der Waals surface area contributed by atoms with Gasteiger partial charge in [-0.15, -0.1) is 0 Å². The van der Waals surface area contributed by atoms with Gasteiger partial charge in [0.1, 0.15) is 6.29 Å². The van der Waals surface area contributed by atoms with Crippen LogP contribution in [0.5, 0.6) is 0 Å².